The third-order valence-corrected chi connectivity index (χ3v) is 9.82. The van der Waals surface area contributed by atoms with Crippen molar-refractivity contribution in [3.05, 3.63) is 229 Å². The molecule has 0 spiro atoms. The Hall–Kier alpha value is -6.78. The van der Waals surface area contributed by atoms with Crippen LogP contribution in [-0.4, -0.2) is 9.97 Å². The molecular weight excluding hydrogens is 621 g/mol. The van der Waals surface area contributed by atoms with Crippen molar-refractivity contribution < 1.29 is 0 Å². The maximum atomic E-state index is 4.82. The number of fused-ring (bicyclic) bond motifs is 3. The van der Waals surface area contributed by atoms with Crippen LogP contribution in [-0.2, 0) is 5.41 Å². The van der Waals surface area contributed by atoms with Gasteiger partial charge in [-0.3, -0.25) is 9.80 Å². The van der Waals surface area contributed by atoms with Gasteiger partial charge in [0.25, 0.3) is 0 Å². The maximum Gasteiger partial charge on any atom is 0.137 e. The lowest BCUT2D eigenvalue weighted by Gasteiger charge is -2.35. The molecule has 0 atom stereocenters. The zero-order valence-corrected chi connectivity index (χ0v) is 27.9. The van der Waals surface area contributed by atoms with Gasteiger partial charge in [0.05, 0.1) is 5.41 Å². The lowest BCUT2D eigenvalue weighted by atomic mass is 9.67. The van der Waals surface area contributed by atoms with Crippen molar-refractivity contribution in [2.75, 3.05) is 9.80 Å². The van der Waals surface area contributed by atoms with Gasteiger partial charge in [0.2, 0.25) is 0 Å². The monoisotopic (exact) mass is 654 g/mol. The van der Waals surface area contributed by atoms with Gasteiger partial charge in [0, 0.05) is 35.1 Å². The highest BCUT2D eigenvalue weighted by molar-refractivity contribution is 5.91. The molecule has 4 nitrogen and oxygen atoms in total. The molecular formula is C47H34N4. The van der Waals surface area contributed by atoms with Crippen LogP contribution in [0.15, 0.2) is 207 Å². The first kappa shape index (κ1) is 30.3. The summed E-state index contributed by atoms with van der Waals surface area (Å²) < 4.78 is 0. The van der Waals surface area contributed by atoms with E-state index in [1.54, 1.807) is 0 Å². The molecule has 1 aliphatic rings. The Morgan fingerprint density at radius 1 is 0.333 bits per heavy atom. The highest BCUT2D eigenvalue weighted by Gasteiger charge is 2.47. The van der Waals surface area contributed by atoms with E-state index in [0.717, 1.165) is 34.4 Å². The van der Waals surface area contributed by atoms with E-state index in [-0.39, 0.29) is 0 Å². The molecule has 0 fully saturated rings. The van der Waals surface area contributed by atoms with Crippen molar-refractivity contribution >= 4 is 34.4 Å². The number of benzene rings is 6. The number of anilines is 6. The van der Waals surface area contributed by atoms with Crippen LogP contribution < -0.4 is 9.80 Å². The van der Waals surface area contributed by atoms with Crippen molar-refractivity contribution in [3.63, 3.8) is 0 Å². The molecule has 0 N–H and O–H groups in total. The summed E-state index contributed by atoms with van der Waals surface area (Å²) in [6.07, 6.45) is 3.71. The molecule has 0 radical (unpaired) electrons. The molecule has 4 heteroatoms. The number of hydrogen-bond acceptors (Lipinski definition) is 4. The van der Waals surface area contributed by atoms with Crippen molar-refractivity contribution in [1.29, 1.82) is 0 Å². The van der Waals surface area contributed by atoms with Crippen LogP contribution in [0.3, 0.4) is 0 Å². The normalized spacial score (nSPS) is 12.5. The van der Waals surface area contributed by atoms with E-state index in [1.165, 1.54) is 33.4 Å². The molecule has 0 aliphatic heterocycles. The second kappa shape index (κ2) is 12.9. The minimum atomic E-state index is -0.613. The number of rotatable bonds is 8. The van der Waals surface area contributed by atoms with Crippen LogP contribution in [0.25, 0.3) is 11.1 Å². The average molecular weight is 655 g/mol. The first-order chi connectivity index (χ1) is 25.3. The minimum Gasteiger partial charge on any atom is -0.295 e. The molecule has 2 heterocycles. The zero-order valence-electron chi connectivity index (χ0n) is 27.9. The fourth-order valence-electron chi connectivity index (χ4n) is 7.70. The van der Waals surface area contributed by atoms with Gasteiger partial charge in [-0.1, -0.05) is 121 Å². The maximum absolute atomic E-state index is 4.82. The largest absolute Gasteiger partial charge is 0.295 e. The van der Waals surface area contributed by atoms with E-state index in [0.29, 0.717) is 0 Å². The van der Waals surface area contributed by atoms with Gasteiger partial charge in [-0.05, 0) is 106 Å². The van der Waals surface area contributed by atoms with Crippen LogP contribution in [0.2, 0.25) is 0 Å². The Morgan fingerprint density at radius 2 is 0.706 bits per heavy atom. The summed E-state index contributed by atoms with van der Waals surface area (Å²) in [6.45, 7) is 0. The molecule has 8 aromatic rings. The van der Waals surface area contributed by atoms with Gasteiger partial charge in [0.1, 0.15) is 11.6 Å². The van der Waals surface area contributed by atoms with E-state index >= 15 is 0 Å². The molecule has 6 aromatic carbocycles. The summed E-state index contributed by atoms with van der Waals surface area (Å²) in [4.78, 5) is 14.1. The Kier molecular flexibility index (Phi) is 7.67. The van der Waals surface area contributed by atoms with Crippen LogP contribution >= 0.6 is 0 Å². The summed E-state index contributed by atoms with van der Waals surface area (Å²) in [7, 11) is 0. The Balaban J connectivity index is 1.33. The first-order valence-electron chi connectivity index (χ1n) is 17.3. The molecule has 0 amide bonds. The molecule has 0 bridgehead atoms. The zero-order chi connectivity index (χ0) is 34.0. The predicted molar refractivity (Wildman–Crippen MR) is 209 cm³/mol. The standard InChI is InChI=1S/C47H34N4/c1-5-17-35(18-6-1)47(36-19-7-2-8-20-36)43-33-39(50(37-21-9-3-10-22-37)45-25-13-15-31-48-45)27-29-41(43)42-30-28-40(34-44(42)47)51(38-23-11-4-12-24-38)46-26-14-16-32-49-46/h1-34H. The fraction of sp³-hybridized carbons (Fsp3) is 0.0213. The Bertz CT molecular complexity index is 2150. The molecule has 2 aromatic heterocycles. The second-order valence-electron chi connectivity index (χ2n) is 12.7. The topological polar surface area (TPSA) is 32.3 Å². The van der Waals surface area contributed by atoms with E-state index in [1.807, 2.05) is 36.7 Å². The van der Waals surface area contributed by atoms with Crippen molar-refractivity contribution in [2.45, 2.75) is 5.41 Å². The van der Waals surface area contributed by atoms with Gasteiger partial charge in [-0.15, -0.1) is 0 Å². The number of aromatic nitrogens is 2. The van der Waals surface area contributed by atoms with E-state index in [9.17, 15) is 0 Å². The van der Waals surface area contributed by atoms with Gasteiger partial charge < -0.3 is 0 Å². The van der Waals surface area contributed by atoms with E-state index < -0.39 is 5.41 Å². The third-order valence-electron chi connectivity index (χ3n) is 9.82. The van der Waals surface area contributed by atoms with Crippen LogP contribution in [0.4, 0.5) is 34.4 Å². The molecule has 9 rings (SSSR count). The van der Waals surface area contributed by atoms with Crippen molar-refractivity contribution in [1.82, 2.24) is 9.97 Å². The molecule has 1 aliphatic carbocycles. The number of para-hydroxylation sites is 2. The first-order valence-corrected chi connectivity index (χ1v) is 17.3. The second-order valence-corrected chi connectivity index (χ2v) is 12.7. The SMILES string of the molecule is c1ccc(N(c2ccc3c(c2)C(c2ccccc2)(c2ccccc2)c2cc(N(c4ccccc4)c4ccccn4)ccc2-3)c2ccccn2)cc1. The number of hydrogen-bond donors (Lipinski definition) is 0. The quantitative estimate of drug-likeness (QED) is 0.163. The number of nitrogens with zero attached hydrogens (tertiary/aromatic N) is 4. The van der Waals surface area contributed by atoms with Crippen molar-refractivity contribution in [2.24, 2.45) is 0 Å². The van der Waals surface area contributed by atoms with E-state index in [4.69, 9.17) is 9.97 Å². The van der Waals surface area contributed by atoms with Crippen LogP contribution in [0.1, 0.15) is 22.3 Å². The molecule has 0 saturated carbocycles. The highest BCUT2D eigenvalue weighted by atomic mass is 15.2. The lowest BCUT2D eigenvalue weighted by molar-refractivity contribution is 0.768. The van der Waals surface area contributed by atoms with Crippen LogP contribution in [0, 0.1) is 0 Å². The van der Waals surface area contributed by atoms with Gasteiger partial charge in [-0.25, -0.2) is 9.97 Å². The van der Waals surface area contributed by atoms with Crippen LogP contribution in [0.5, 0.6) is 0 Å². The summed E-state index contributed by atoms with van der Waals surface area (Å²) >= 11 is 0. The average Bonchev–Trinajstić information content (AvgIpc) is 3.50. The summed E-state index contributed by atoms with van der Waals surface area (Å²) in [5, 5.41) is 0. The predicted octanol–water partition coefficient (Wildman–Crippen LogP) is 11.8. The molecule has 242 valence electrons. The fourth-order valence-corrected chi connectivity index (χ4v) is 7.70. The lowest BCUT2D eigenvalue weighted by Crippen LogP contribution is -2.29. The molecule has 0 unspecified atom stereocenters. The Labute approximate surface area is 298 Å². The molecule has 51 heavy (non-hydrogen) atoms. The van der Waals surface area contributed by atoms with Crippen molar-refractivity contribution in [3.8, 4) is 11.1 Å². The Morgan fingerprint density at radius 3 is 1.08 bits per heavy atom. The molecule has 0 saturated heterocycles. The summed E-state index contributed by atoms with van der Waals surface area (Å²) in [5.41, 5.74) is 10.9. The third kappa shape index (κ3) is 5.17. The van der Waals surface area contributed by atoms with Gasteiger partial charge in [-0.2, -0.15) is 0 Å². The van der Waals surface area contributed by atoms with E-state index in [2.05, 4.69) is 180 Å². The number of pyridine rings is 2. The minimum absolute atomic E-state index is 0.613. The van der Waals surface area contributed by atoms with Gasteiger partial charge in [0.15, 0.2) is 0 Å². The van der Waals surface area contributed by atoms with Gasteiger partial charge >= 0.3 is 0 Å². The summed E-state index contributed by atoms with van der Waals surface area (Å²) in [6, 6.07) is 68.8. The highest BCUT2D eigenvalue weighted by Crippen LogP contribution is 2.58. The smallest absolute Gasteiger partial charge is 0.137 e. The summed E-state index contributed by atoms with van der Waals surface area (Å²) in [5.74, 6) is 1.72.